The minimum atomic E-state index is -0.230. The van der Waals surface area contributed by atoms with Crippen molar-refractivity contribution >= 4 is 23.2 Å². The van der Waals surface area contributed by atoms with Gasteiger partial charge in [-0.05, 0) is 17.5 Å². The average molecular weight is 360 g/mol. The van der Waals surface area contributed by atoms with Gasteiger partial charge in [0.05, 0.1) is 11.1 Å². The first-order chi connectivity index (χ1) is 12.1. The van der Waals surface area contributed by atoms with Crippen LogP contribution in [-0.2, 0) is 0 Å². The van der Waals surface area contributed by atoms with E-state index in [9.17, 15) is 14.4 Å². The Bertz CT molecular complexity index is 759. The molecule has 1 saturated heterocycles. The number of nitrogens with one attached hydrogen (secondary N) is 2. The van der Waals surface area contributed by atoms with Crippen LogP contribution in [0.4, 0.5) is 0 Å². The Balaban J connectivity index is 1.39. The second-order valence-electron chi connectivity index (χ2n) is 5.84. The van der Waals surface area contributed by atoms with Gasteiger partial charge in [-0.3, -0.25) is 19.3 Å². The number of rotatable bonds is 5. The van der Waals surface area contributed by atoms with Gasteiger partial charge in [0.2, 0.25) is 5.56 Å². The largest absolute Gasteiger partial charge is 0.351 e. The van der Waals surface area contributed by atoms with Gasteiger partial charge in [0.1, 0.15) is 0 Å². The van der Waals surface area contributed by atoms with Crippen molar-refractivity contribution in [2.75, 3.05) is 39.3 Å². The summed E-state index contributed by atoms with van der Waals surface area (Å²) in [6, 6.07) is 4.69. The van der Waals surface area contributed by atoms with Gasteiger partial charge in [0.15, 0.2) is 0 Å². The number of pyridine rings is 1. The molecule has 7 nitrogen and oxygen atoms in total. The maximum Gasteiger partial charge on any atom is 0.254 e. The Morgan fingerprint density at radius 2 is 1.92 bits per heavy atom. The molecule has 25 heavy (non-hydrogen) atoms. The number of aromatic amines is 1. The van der Waals surface area contributed by atoms with Crippen LogP contribution in [0.25, 0.3) is 0 Å². The molecule has 3 rings (SSSR count). The number of carbonyl (C=O) groups is 2. The molecule has 2 N–H and O–H groups in total. The van der Waals surface area contributed by atoms with Crippen molar-refractivity contribution in [2.45, 2.75) is 0 Å². The molecule has 0 unspecified atom stereocenters. The molecular weight excluding hydrogens is 340 g/mol. The summed E-state index contributed by atoms with van der Waals surface area (Å²) in [5, 5.41) is 6.63. The maximum absolute atomic E-state index is 12.3. The molecule has 3 heterocycles. The van der Waals surface area contributed by atoms with E-state index < -0.39 is 0 Å². The summed E-state index contributed by atoms with van der Waals surface area (Å²) < 4.78 is 0. The molecule has 1 fully saturated rings. The van der Waals surface area contributed by atoms with Crippen LogP contribution < -0.4 is 10.9 Å². The normalized spacial score (nSPS) is 15.1. The lowest BCUT2D eigenvalue weighted by Gasteiger charge is -2.34. The molecule has 0 radical (unpaired) electrons. The molecule has 1 aliphatic heterocycles. The summed E-state index contributed by atoms with van der Waals surface area (Å²) >= 11 is 1.53. The third-order valence-electron chi connectivity index (χ3n) is 4.19. The topological polar surface area (TPSA) is 85.5 Å². The summed E-state index contributed by atoms with van der Waals surface area (Å²) in [5.74, 6) is -0.116. The SMILES string of the molecule is O=C(NCCN1CCN(C(=O)c2ccsc2)CC1)c1ccc(=O)[nH]c1. The van der Waals surface area contributed by atoms with Gasteiger partial charge in [-0.15, -0.1) is 0 Å². The fraction of sp³-hybridized carbons (Fsp3) is 0.353. The van der Waals surface area contributed by atoms with Crippen molar-refractivity contribution in [1.29, 1.82) is 0 Å². The molecule has 0 atom stereocenters. The van der Waals surface area contributed by atoms with Gasteiger partial charge in [0.25, 0.3) is 11.8 Å². The number of amides is 2. The summed E-state index contributed by atoms with van der Waals surface area (Å²) in [5.41, 5.74) is 0.962. The molecule has 8 heteroatoms. The van der Waals surface area contributed by atoms with Crippen LogP contribution in [0.3, 0.4) is 0 Å². The van der Waals surface area contributed by atoms with Gasteiger partial charge in [-0.25, -0.2) is 0 Å². The summed E-state index contributed by atoms with van der Waals surface area (Å²) in [4.78, 5) is 41.8. The predicted octanol–water partition coefficient (Wildman–Crippen LogP) is 0.624. The lowest BCUT2D eigenvalue weighted by Crippen LogP contribution is -2.50. The molecule has 2 amide bonds. The number of aromatic nitrogens is 1. The summed E-state index contributed by atoms with van der Waals surface area (Å²) in [6.07, 6.45) is 1.41. The fourth-order valence-corrected chi connectivity index (χ4v) is 3.35. The number of thiophene rings is 1. The van der Waals surface area contributed by atoms with E-state index in [1.165, 1.54) is 29.7 Å². The molecule has 2 aromatic rings. The number of hydrogen-bond acceptors (Lipinski definition) is 5. The number of hydrogen-bond donors (Lipinski definition) is 2. The highest BCUT2D eigenvalue weighted by Crippen LogP contribution is 2.11. The fourth-order valence-electron chi connectivity index (χ4n) is 2.72. The van der Waals surface area contributed by atoms with E-state index in [-0.39, 0.29) is 17.4 Å². The number of carbonyl (C=O) groups excluding carboxylic acids is 2. The smallest absolute Gasteiger partial charge is 0.254 e. The highest BCUT2D eigenvalue weighted by molar-refractivity contribution is 7.08. The highest BCUT2D eigenvalue weighted by Gasteiger charge is 2.22. The first-order valence-corrected chi connectivity index (χ1v) is 9.08. The van der Waals surface area contributed by atoms with Crippen LogP contribution in [-0.4, -0.2) is 65.9 Å². The lowest BCUT2D eigenvalue weighted by molar-refractivity contribution is 0.0638. The molecule has 0 spiro atoms. The quantitative estimate of drug-likeness (QED) is 0.819. The highest BCUT2D eigenvalue weighted by atomic mass is 32.1. The Morgan fingerprint density at radius 3 is 2.56 bits per heavy atom. The average Bonchev–Trinajstić information content (AvgIpc) is 3.17. The van der Waals surface area contributed by atoms with E-state index in [0.29, 0.717) is 25.2 Å². The summed E-state index contributed by atoms with van der Waals surface area (Å²) in [6.45, 7) is 4.24. The lowest BCUT2D eigenvalue weighted by atomic mass is 10.2. The molecular formula is C17H20N4O3S. The van der Waals surface area contributed by atoms with Gasteiger partial charge in [0, 0.05) is 56.9 Å². The summed E-state index contributed by atoms with van der Waals surface area (Å²) in [7, 11) is 0. The third kappa shape index (κ3) is 4.55. The zero-order valence-electron chi connectivity index (χ0n) is 13.7. The van der Waals surface area contributed by atoms with Crippen molar-refractivity contribution in [3.63, 3.8) is 0 Å². The van der Waals surface area contributed by atoms with E-state index in [1.807, 2.05) is 21.7 Å². The molecule has 0 aromatic carbocycles. The van der Waals surface area contributed by atoms with Gasteiger partial charge in [-0.2, -0.15) is 11.3 Å². The molecule has 2 aromatic heterocycles. The van der Waals surface area contributed by atoms with Crippen LogP contribution in [0.2, 0.25) is 0 Å². The van der Waals surface area contributed by atoms with E-state index in [1.54, 1.807) is 0 Å². The first kappa shape index (κ1) is 17.4. The van der Waals surface area contributed by atoms with Crippen molar-refractivity contribution in [3.8, 4) is 0 Å². The van der Waals surface area contributed by atoms with Crippen molar-refractivity contribution in [1.82, 2.24) is 20.1 Å². The van der Waals surface area contributed by atoms with Crippen molar-refractivity contribution in [3.05, 3.63) is 56.6 Å². The minimum Gasteiger partial charge on any atom is -0.351 e. The Morgan fingerprint density at radius 1 is 1.12 bits per heavy atom. The van der Waals surface area contributed by atoms with Crippen LogP contribution in [0, 0.1) is 0 Å². The van der Waals surface area contributed by atoms with Crippen molar-refractivity contribution in [2.24, 2.45) is 0 Å². The minimum absolute atomic E-state index is 0.0901. The number of piperazine rings is 1. The van der Waals surface area contributed by atoms with Gasteiger partial charge >= 0.3 is 0 Å². The second-order valence-corrected chi connectivity index (χ2v) is 6.62. The standard InChI is InChI=1S/C17H20N4O3S/c22-15-2-1-13(11-19-15)16(23)18-4-5-20-6-8-21(9-7-20)17(24)14-3-10-25-12-14/h1-3,10-12H,4-9H2,(H,18,23)(H,19,22). The van der Waals surface area contributed by atoms with E-state index in [2.05, 4.69) is 15.2 Å². The molecule has 132 valence electrons. The predicted molar refractivity (Wildman–Crippen MR) is 96.1 cm³/mol. The Labute approximate surface area is 149 Å². The number of nitrogens with zero attached hydrogens (tertiary/aromatic N) is 2. The van der Waals surface area contributed by atoms with Crippen LogP contribution in [0.15, 0.2) is 40.0 Å². The Kier molecular flexibility index (Phi) is 5.62. The van der Waals surface area contributed by atoms with E-state index in [0.717, 1.165) is 25.2 Å². The van der Waals surface area contributed by atoms with Crippen LogP contribution >= 0.6 is 11.3 Å². The first-order valence-electron chi connectivity index (χ1n) is 8.14. The molecule has 0 aliphatic carbocycles. The monoisotopic (exact) mass is 360 g/mol. The van der Waals surface area contributed by atoms with Gasteiger partial charge < -0.3 is 15.2 Å². The van der Waals surface area contributed by atoms with Crippen LogP contribution in [0.1, 0.15) is 20.7 Å². The Hall–Kier alpha value is -2.45. The number of H-pyrrole nitrogens is 1. The van der Waals surface area contributed by atoms with Gasteiger partial charge in [-0.1, -0.05) is 0 Å². The van der Waals surface area contributed by atoms with E-state index in [4.69, 9.17) is 0 Å². The second kappa shape index (κ2) is 8.09. The van der Waals surface area contributed by atoms with Crippen molar-refractivity contribution < 1.29 is 9.59 Å². The van der Waals surface area contributed by atoms with Crippen LogP contribution in [0.5, 0.6) is 0 Å². The maximum atomic E-state index is 12.3. The third-order valence-corrected chi connectivity index (χ3v) is 4.87. The zero-order chi connectivity index (χ0) is 17.6. The molecule has 0 saturated carbocycles. The zero-order valence-corrected chi connectivity index (χ0v) is 14.6. The molecule has 1 aliphatic rings. The van der Waals surface area contributed by atoms with E-state index >= 15 is 0 Å². The molecule has 0 bridgehead atoms.